The van der Waals surface area contributed by atoms with Gasteiger partial charge in [0, 0.05) is 56.5 Å². The Morgan fingerprint density at radius 3 is 2.18 bits per heavy atom. The number of hydrogen-bond donors (Lipinski definition) is 0. The van der Waals surface area contributed by atoms with E-state index >= 15 is 0 Å². The third-order valence-electron chi connectivity index (χ3n) is 7.74. The summed E-state index contributed by atoms with van der Waals surface area (Å²) in [4.78, 5) is 8.63. The van der Waals surface area contributed by atoms with Crippen LogP contribution in [0.25, 0.3) is 22.4 Å². The first-order chi connectivity index (χ1) is 23.4. The van der Waals surface area contributed by atoms with Crippen molar-refractivity contribution < 1.29 is 51.6 Å². The van der Waals surface area contributed by atoms with E-state index < -0.39 is 0 Å². The predicted octanol–water partition coefficient (Wildman–Crippen LogP) is 9.15. The molecule has 1 aliphatic heterocycles. The van der Waals surface area contributed by atoms with Crippen LogP contribution in [0, 0.1) is 70.2 Å². The summed E-state index contributed by atoms with van der Waals surface area (Å²) in [7, 11) is 1.98. The van der Waals surface area contributed by atoms with E-state index in [0.717, 1.165) is 44.8 Å². The SMILES string of the molecule is Cc1c(Oc2[c-]c(N3C=CN(C)[CH-]3)ccc2)[c-]c(-c2cc(-c3[c-]c(Oc4[c-]cccc4)ccc3)[c-]cn2)c(C)c1C.[C-]#Cn1cccc1.[Pt+4].[Pt]. The van der Waals surface area contributed by atoms with E-state index in [-0.39, 0.29) is 42.1 Å². The van der Waals surface area contributed by atoms with Gasteiger partial charge in [-0.15, -0.1) is 58.8 Å². The number of anilines is 1. The Morgan fingerprint density at radius 1 is 0.760 bits per heavy atom. The number of ether oxygens (including phenoxy) is 2. The van der Waals surface area contributed by atoms with Crippen molar-refractivity contribution in [3.05, 3.63) is 170 Å². The van der Waals surface area contributed by atoms with Crippen molar-refractivity contribution in [2.45, 2.75) is 20.8 Å². The Labute approximate surface area is 323 Å². The first-order valence-electron chi connectivity index (χ1n) is 15.3. The van der Waals surface area contributed by atoms with Gasteiger partial charge in [-0.3, -0.25) is 11.1 Å². The molecule has 0 radical (unpaired) electrons. The second-order valence-corrected chi connectivity index (χ2v) is 11.0. The molecule has 6 aromatic rings. The molecule has 0 saturated heterocycles. The van der Waals surface area contributed by atoms with Crippen LogP contribution in [0.4, 0.5) is 5.69 Å². The molecule has 0 amide bonds. The first kappa shape index (κ1) is 38.0. The molecule has 4 aromatic carbocycles. The third kappa shape index (κ3) is 9.24. The monoisotopic (exact) mass is 1010 g/mol. The minimum atomic E-state index is 0. The maximum atomic E-state index is 6.57. The van der Waals surface area contributed by atoms with E-state index in [9.17, 15) is 0 Å². The molecule has 254 valence electrons. The minimum Gasteiger partial charge on any atom is -0.669 e. The molecule has 0 unspecified atom stereocenters. The summed E-state index contributed by atoms with van der Waals surface area (Å²) >= 11 is 0. The normalized spacial score (nSPS) is 11.4. The first-order valence-corrected chi connectivity index (χ1v) is 15.3. The molecule has 6 nitrogen and oxygen atoms in total. The molecule has 1 aliphatic rings. The van der Waals surface area contributed by atoms with Crippen LogP contribution < -0.4 is 14.4 Å². The second kappa shape index (κ2) is 17.7. The van der Waals surface area contributed by atoms with Crippen molar-refractivity contribution in [1.82, 2.24) is 14.5 Å². The third-order valence-corrected chi connectivity index (χ3v) is 7.74. The molecule has 2 aromatic heterocycles. The zero-order chi connectivity index (χ0) is 33.5. The van der Waals surface area contributed by atoms with E-state index in [1.165, 1.54) is 0 Å². The van der Waals surface area contributed by atoms with Gasteiger partial charge in [0.25, 0.3) is 0 Å². The van der Waals surface area contributed by atoms with Crippen molar-refractivity contribution in [2.75, 3.05) is 11.9 Å². The Bertz CT molecular complexity index is 2090. The van der Waals surface area contributed by atoms with Crippen LogP contribution in [-0.2, 0) is 42.1 Å². The van der Waals surface area contributed by atoms with Crippen LogP contribution in [0.2, 0.25) is 0 Å². The molecular formula is C42H31N4O2Pt2-3. The molecule has 0 spiro atoms. The van der Waals surface area contributed by atoms with Crippen LogP contribution in [0.15, 0.2) is 110 Å². The van der Waals surface area contributed by atoms with Gasteiger partial charge in [0.15, 0.2) is 0 Å². The molecule has 8 heteroatoms. The molecule has 0 saturated carbocycles. The van der Waals surface area contributed by atoms with Gasteiger partial charge in [0.05, 0.1) is 0 Å². The quantitative estimate of drug-likeness (QED) is 0.118. The number of pyridine rings is 1. The average molecular weight is 1010 g/mol. The van der Waals surface area contributed by atoms with Crippen molar-refractivity contribution in [3.63, 3.8) is 0 Å². The van der Waals surface area contributed by atoms with Crippen molar-refractivity contribution >= 4 is 5.69 Å². The zero-order valence-corrected chi connectivity index (χ0v) is 32.3. The standard InChI is InChI=1S/C36H27N3O2.C6H4N.2Pt/c1-25-26(2)34(23-36(27(25)3)41-33-15-9-11-30(22-33)39-19-18-38(4)24-39)35-21-29(16-17-37-35)28-10-8-14-32(20-28)40-31-12-6-5-7-13-31;1-2-7-5-3-4-6-7;;/h5-12,14-15,17-19,21,24H,1-4H3;3-6H;;/q-6;-1;;+4. The van der Waals surface area contributed by atoms with Gasteiger partial charge in [-0.2, -0.15) is 43.1 Å². The Kier molecular flexibility index (Phi) is 13.5. The molecule has 0 fully saturated rings. The number of nitrogens with zero attached hydrogens (tertiary/aromatic N) is 4. The van der Waals surface area contributed by atoms with E-state index in [1.807, 2.05) is 115 Å². The maximum Gasteiger partial charge on any atom is 4.00 e. The van der Waals surface area contributed by atoms with Crippen molar-refractivity contribution in [3.8, 4) is 51.4 Å². The molecule has 0 bridgehead atoms. The van der Waals surface area contributed by atoms with Gasteiger partial charge < -0.3 is 35.2 Å². The summed E-state index contributed by atoms with van der Waals surface area (Å²) in [5.41, 5.74) is 7.49. The number of rotatable bonds is 7. The zero-order valence-electron chi connectivity index (χ0n) is 27.7. The van der Waals surface area contributed by atoms with Crippen LogP contribution in [0.5, 0.6) is 23.0 Å². The van der Waals surface area contributed by atoms with Crippen molar-refractivity contribution in [1.29, 1.82) is 0 Å². The predicted molar refractivity (Wildman–Crippen MR) is 187 cm³/mol. The molecular weight excluding hydrogens is 983 g/mol. The number of hydrogen-bond acceptors (Lipinski definition) is 5. The van der Waals surface area contributed by atoms with Gasteiger partial charge >= 0.3 is 21.1 Å². The Hall–Kier alpha value is -4.81. The average Bonchev–Trinajstić information content (AvgIpc) is 3.82. The number of benzene rings is 4. The molecule has 0 N–H and O–H groups in total. The van der Waals surface area contributed by atoms with Crippen LogP contribution in [0.1, 0.15) is 16.7 Å². The Morgan fingerprint density at radius 2 is 1.50 bits per heavy atom. The molecule has 0 atom stereocenters. The van der Waals surface area contributed by atoms with E-state index in [1.54, 1.807) is 23.2 Å². The van der Waals surface area contributed by atoms with E-state index in [0.29, 0.717) is 23.0 Å². The second-order valence-electron chi connectivity index (χ2n) is 11.0. The van der Waals surface area contributed by atoms with Gasteiger partial charge in [0.2, 0.25) is 0 Å². The van der Waals surface area contributed by atoms with Gasteiger partial charge in [0.1, 0.15) is 0 Å². The van der Waals surface area contributed by atoms with Gasteiger partial charge in [-0.05, 0) is 31.6 Å². The summed E-state index contributed by atoms with van der Waals surface area (Å²) in [5.74, 6) is 2.50. The maximum absolute atomic E-state index is 6.57. The summed E-state index contributed by atoms with van der Waals surface area (Å²) in [5, 5.41) is 0. The molecule has 0 aliphatic carbocycles. The van der Waals surface area contributed by atoms with Crippen LogP contribution in [0.3, 0.4) is 0 Å². The van der Waals surface area contributed by atoms with Gasteiger partial charge in [-0.25, -0.2) is 24.2 Å². The fraction of sp³-hybridized carbons (Fsp3) is 0.0952. The summed E-state index contributed by atoms with van der Waals surface area (Å²) in [6.07, 6.45) is 15.7. The fourth-order valence-corrected chi connectivity index (χ4v) is 4.96. The Balaban J connectivity index is 0.000000559. The molecule has 7 rings (SSSR count). The van der Waals surface area contributed by atoms with E-state index in [2.05, 4.69) is 62.1 Å². The fourth-order valence-electron chi connectivity index (χ4n) is 4.96. The minimum absolute atomic E-state index is 0. The van der Waals surface area contributed by atoms with Crippen LogP contribution >= 0.6 is 0 Å². The van der Waals surface area contributed by atoms with E-state index in [4.69, 9.17) is 15.9 Å². The summed E-state index contributed by atoms with van der Waals surface area (Å²) in [6, 6.07) is 43.6. The van der Waals surface area contributed by atoms with Crippen LogP contribution in [-0.4, -0.2) is 21.5 Å². The smallest absolute Gasteiger partial charge is 0.669 e. The van der Waals surface area contributed by atoms with Gasteiger partial charge in [-0.1, -0.05) is 44.3 Å². The summed E-state index contributed by atoms with van der Waals surface area (Å²) in [6.45, 7) is 8.22. The molecule has 3 heterocycles. The topological polar surface area (TPSA) is 42.8 Å². The molecule has 50 heavy (non-hydrogen) atoms. The number of aromatic nitrogens is 2. The number of para-hydroxylation sites is 1. The largest absolute Gasteiger partial charge is 4.00 e. The van der Waals surface area contributed by atoms with Crippen molar-refractivity contribution in [2.24, 2.45) is 0 Å². The summed E-state index contributed by atoms with van der Waals surface area (Å²) < 4.78 is 13.9.